The summed E-state index contributed by atoms with van der Waals surface area (Å²) < 4.78 is 3.14. The van der Waals surface area contributed by atoms with Crippen molar-refractivity contribution in [3.05, 3.63) is 72.4 Å². The predicted octanol–water partition coefficient (Wildman–Crippen LogP) is 0.816. The fraction of sp³-hybridized carbons (Fsp3) is 0.176. The summed E-state index contributed by atoms with van der Waals surface area (Å²) in [5.74, 6) is -0.170. The molecule has 0 bridgehead atoms. The minimum absolute atomic E-state index is 0.170. The van der Waals surface area contributed by atoms with Crippen LogP contribution in [0, 0.1) is 0 Å². The topological polar surface area (TPSA) is 103 Å². The molecule has 0 saturated carbocycles. The van der Waals surface area contributed by atoms with E-state index in [9.17, 15) is 4.79 Å². The zero-order valence-corrected chi connectivity index (χ0v) is 13.8. The van der Waals surface area contributed by atoms with Crippen molar-refractivity contribution in [3.63, 3.8) is 0 Å². The van der Waals surface area contributed by atoms with Crippen molar-refractivity contribution in [1.82, 2.24) is 40.1 Å². The van der Waals surface area contributed by atoms with Crippen molar-refractivity contribution in [3.8, 4) is 0 Å². The van der Waals surface area contributed by atoms with Crippen LogP contribution in [0.2, 0.25) is 0 Å². The normalized spacial score (nSPS) is 12.2. The van der Waals surface area contributed by atoms with Crippen LogP contribution in [-0.4, -0.2) is 40.7 Å². The molecule has 9 nitrogen and oxygen atoms in total. The Hall–Kier alpha value is -3.62. The van der Waals surface area contributed by atoms with Gasteiger partial charge in [-0.25, -0.2) is 14.2 Å². The van der Waals surface area contributed by atoms with Gasteiger partial charge in [0.15, 0.2) is 5.65 Å². The molecule has 0 aliphatic rings. The van der Waals surface area contributed by atoms with E-state index in [0.717, 1.165) is 16.8 Å². The largest absolute Gasteiger partial charge is 0.350 e. The van der Waals surface area contributed by atoms with Crippen molar-refractivity contribution in [2.45, 2.75) is 19.0 Å². The van der Waals surface area contributed by atoms with Crippen LogP contribution < -0.4 is 5.32 Å². The van der Waals surface area contributed by atoms with Crippen LogP contribution in [0.25, 0.3) is 5.65 Å². The molecule has 0 aliphatic carbocycles. The molecule has 4 rings (SSSR count). The van der Waals surface area contributed by atoms with Crippen LogP contribution in [-0.2, 0) is 17.8 Å². The fourth-order valence-electron chi connectivity index (χ4n) is 2.76. The van der Waals surface area contributed by atoms with Gasteiger partial charge in [-0.05, 0) is 22.1 Å². The van der Waals surface area contributed by atoms with Crippen LogP contribution in [0.4, 0.5) is 0 Å². The first-order valence-electron chi connectivity index (χ1n) is 8.12. The number of carbonyl (C=O) groups is 1. The molecular formula is C17H16N8O. The number of hydrogen-bond acceptors (Lipinski definition) is 6. The highest BCUT2D eigenvalue weighted by Gasteiger charge is 2.22. The summed E-state index contributed by atoms with van der Waals surface area (Å²) in [6.07, 6.45) is 7.15. The van der Waals surface area contributed by atoms with Gasteiger partial charge in [0.05, 0.1) is 6.20 Å². The Morgan fingerprint density at radius 3 is 2.88 bits per heavy atom. The lowest BCUT2D eigenvalue weighted by molar-refractivity contribution is -0.124. The first-order valence-corrected chi connectivity index (χ1v) is 8.12. The summed E-state index contributed by atoms with van der Waals surface area (Å²) in [7, 11) is 0. The van der Waals surface area contributed by atoms with Gasteiger partial charge < -0.3 is 5.32 Å². The number of carbonyl (C=O) groups excluding carboxylic acids is 1. The maximum atomic E-state index is 12.8. The predicted molar refractivity (Wildman–Crippen MR) is 91.8 cm³/mol. The second kappa shape index (κ2) is 7.09. The average Bonchev–Trinajstić information content (AvgIpc) is 3.35. The molecule has 0 aliphatic heterocycles. The van der Waals surface area contributed by atoms with Crippen molar-refractivity contribution in [2.24, 2.45) is 0 Å². The molecule has 0 unspecified atom stereocenters. The maximum absolute atomic E-state index is 12.8. The summed E-state index contributed by atoms with van der Waals surface area (Å²) in [6.45, 7) is 0.326. The molecule has 1 amide bonds. The van der Waals surface area contributed by atoms with Gasteiger partial charge in [-0.2, -0.15) is 5.10 Å². The molecule has 1 N–H and O–H groups in total. The van der Waals surface area contributed by atoms with Crippen LogP contribution in [0.3, 0.4) is 0 Å². The number of amides is 1. The quantitative estimate of drug-likeness (QED) is 0.553. The van der Waals surface area contributed by atoms with Crippen LogP contribution in [0.1, 0.15) is 17.2 Å². The molecular weight excluding hydrogens is 332 g/mol. The van der Waals surface area contributed by atoms with E-state index in [4.69, 9.17) is 0 Å². The van der Waals surface area contributed by atoms with E-state index < -0.39 is 6.04 Å². The van der Waals surface area contributed by atoms with Gasteiger partial charge in [-0.15, -0.1) is 5.10 Å². The summed E-state index contributed by atoms with van der Waals surface area (Å²) in [5, 5.41) is 18.4. The Morgan fingerprint density at radius 2 is 2.08 bits per heavy atom. The minimum atomic E-state index is -0.540. The van der Waals surface area contributed by atoms with E-state index in [0.29, 0.717) is 13.0 Å². The Balaban J connectivity index is 1.51. The van der Waals surface area contributed by atoms with E-state index in [1.54, 1.807) is 23.0 Å². The summed E-state index contributed by atoms with van der Waals surface area (Å²) in [6, 6.07) is 11.0. The zero-order chi connectivity index (χ0) is 17.8. The lowest BCUT2D eigenvalue weighted by Gasteiger charge is -2.16. The highest BCUT2D eigenvalue weighted by atomic mass is 16.2. The molecule has 0 radical (unpaired) electrons. The van der Waals surface area contributed by atoms with E-state index in [1.807, 2.05) is 36.5 Å². The number of fused-ring (bicyclic) bond motifs is 1. The van der Waals surface area contributed by atoms with Gasteiger partial charge in [0.1, 0.15) is 12.4 Å². The number of rotatable bonds is 6. The Labute approximate surface area is 148 Å². The third-order valence-corrected chi connectivity index (χ3v) is 4.06. The monoisotopic (exact) mass is 348 g/mol. The third kappa shape index (κ3) is 3.27. The molecule has 4 aromatic rings. The molecule has 26 heavy (non-hydrogen) atoms. The van der Waals surface area contributed by atoms with Crippen molar-refractivity contribution in [2.75, 3.05) is 0 Å². The van der Waals surface area contributed by atoms with E-state index >= 15 is 0 Å². The second-order valence-corrected chi connectivity index (χ2v) is 5.77. The number of hydrogen-bond donors (Lipinski definition) is 1. The molecule has 0 spiro atoms. The lowest BCUT2D eigenvalue weighted by Crippen LogP contribution is -2.34. The number of aromatic nitrogens is 7. The van der Waals surface area contributed by atoms with Crippen molar-refractivity contribution >= 4 is 11.6 Å². The van der Waals surface area contributed by atoms with E-state index in [2.05, 4.69) is 30.9 Å². The highest BCUT2D eigenvalue weighted by Crippen LogP contribution is 2.14. The van der Waals surface area contributed by atoms with Gasteiger partial charge in [0.2, 0.25) is 5.91 Å². The first kappa shape index (κ1) is 15.9. The summed E-state index contributed by atoms with van der Waals surface area (Å²) >= 11 is 0. The van der Waals surface area contributed by atoms with Crippen LogP contribution >= 0.6 is 0 Å². The molecule has 3 aromatic heterocycles. The molecule has 1 aromatic carbocycles. The van der Waals surface area contributed by atoms with Gasteiger partial charge >= 0.3 is 0 Å². The first-order chi connectivity index (χ1) is 12.8. The average molecular weight is 348 g/mol. The van der Waals surface area contributed by atoms with Crippen LogP contribution in [0.5, 0.6) is 0 Å². The Morgan fingerprint density at radius 1 is 1.19 bits per heavy atom. The SMILES string of the molecule is O=C(NCc1cnn2cccnc12)[C@@H](Cc1ccccc1)n1cnnn1. The number of tetrazole rings is 1. The standard InChI is InChI=1S/C17H16N8O/c26-17(19-10-14-11-21-24-8-4-7-18-16(14)24)15(25-12-20-22-23-25)9-13-5-2-1-3-6-13/h1-8,11-12,15H,9-10H2,(H,19,26)/t15-/m1/s1. The number of benzene rings is 1. The third-order valence-electron chi connectivity index (χ3n) is 4.06. The van der Waals surface area contributed by atoms with E-state index in [1.165, 1.54) is 11.0 Å². The van der Waals surface area contributed by atoms with Gasteiger partial charge in [-0.1, -0.05) is 30.3 Å². The van der Waals surface area contributed by atoms with Gasteiger partial charge in [-0.3, -0.25) is 4.79 Å². The Bertz CT molecular complexity index is 996. The second-order valence-electron chi connectivity index (χ2n) is 5.77. The molecule has 3 heterocycles. The highest BCUT2D eigenvalue weighted by molar-refractivity contribution is 5.80. The van der Waals surface area contributed by atoms with E-state index in [-0.39, 0.29) is 5.91 Å². The Kier molecular flexibility index (Phi) is 4.33. The summed E-state index contributed by atoms with van der Waals surface area (Å²) in [5.41, 5.74) is 2.59. The lowest BCUT2D eigenvalue weighted by atomic mass is 10.1. The van der Waals surface area contributed by atoms with Gasteiger partial charge in [0.25, 0.3) is 0 Å². The zero-order valence-electron chi connectivity index (χ0n) is 13.8. The molecule has 0 fully saturated rings. The van der Waals surface area contributed by atoms with Crippen molar-refractivity contribution in [1.29, 1.82) is 0 Å². The fourth-order valence-corrected chi connectivity index (χ4v) is 2.76. The van der Waals surface area contributed by atoms with Crippen molar-refractivity contribution < 1.29 is 4.79 Å². The summed E-state index contributed by atoms with van der Waals surface area (Å²) in [4.78, 5) is 17.1. The van der Waals surface area contributed by atoms with Crippen LogP contribution in [0.15, 0.2) is 61.3 Å². The number of nitrogens with one attached hydrogen (secondary N) is 1. The molecule has 1 atom stereocenters. The molecule has 130 valence electrons. The minimum Gasteiger partial charge on any atom is -0.350 e. The van der Waals surface area contributed by atoms with Gasteiger partial charge in [0, 0.05) is 30.9 Å². The molecule has 0 saturated heterocycles. The smallest absolute Gasteiger partial charge is 0.245 e. The number of nitrogens with zero attached hydrogens (tertiary/aromatic N) is 7. The maximum Gasteiger partial charge on any atom is 0.245 e. The molecule has 9 heteroatoms.